The standard InChI is InChI=1S/C19H19FN2O2/c1-2-22(12-13-4-3-5-16(20)10-13)19(24)15-6-8-17-14(11-15)7-9-18(23)21-17/h3-6,8,10-11H,2,7,9,12H2,1H3,(H,21,23). The molecule has 0 saturated heterocycles. The fourth-order valence-corrected chi connectivity index (χ4v) is 2.88. The number of halogens is 1. The maximum Gasteiger partial charge on any atom is 0.254 e. The minimum atomic E-state index is -0.305. The summed E-state index contributed by atoms with van der Waals surface area (Å²) in [6.45, 7) is 2.79. The van der Waals surface area contributed by atoms with Crippen molar-refractivity contribution in [3.05, 3.63) is 65.0 Å². The van der Waals surface area contributed by atoms with Crippen LogP contribution in [0.4, 0.5) is 10.1 Å². The van der Waals surface area contributed by atoms with Crippen LogP contribution >= 0.6 is 0 Å². The molecule has 4 nitrogen and oxygen atoms in total. The third-order valence-corrected chi connectivity index (χ3v) is 4.18. The normalized spacial score (nSPS) is 13.2. The second-order valence-corrected chi connectivity index (χ2v) is 5.87. The molecular weight excluding hydrogens is 307 g/mol. The summed E-state index contributed by atoms with van der Waals surface area (Å²) in [7, 11) is 0. The van der Waals surface area contributed by atoms with Gasteiger partial charge in [0.1, 0.15) is 5.82 Å². The Balaban J connectivity index is 1.80. The van der Waals surface area contributed by atoms with Crippen molar-refractivity contribution in [3.63, 3.8) is 0 Å². The molecule has 0 spiro atoms. The Bertz CT molecular complexity index is 789. The fraction of sp³-hybridized carbons (Fsp3) is 0.263. The molecule has 2 amide bonds. The molecule has 0 aromatic heterocycles. The van der Waals surface area contributed by atoms with Gasteiger partial charge in [0.2, 0.25) is 5.91 Å². The summed E-state index contributed by atoms with van der Waals surface area (Å²) in [5.41, 5.74) is 3.09. The van der Waals surface area contributed by atoms with Crippen LogP contribution in [0.15, 0.2) is 42.5 Å². The Morgan fingerprint density at radius 3 is 2.79 bits per heavy atom. The van der Waals surface area contributed by atoms with Crippen LogP contribution < -0.4 is 5.32 Å². The zero-order valence-electron chi connectivity index (χ0n) is 13.5. The van der Waals surface area contributed by atoms with E-state index in [1.54, 1.807) is 29.2 Å². The van der Waals surface area contributed by atoms with Crippen LogP contribution in [0.3, 0.4) is 0 Å². The van der Waals surface area contributed by atoms with E-state index in [4.69, 9.17) is 0 Å². The van der Waals surface area contributed by atoms with Crippen molar-refractivity contribution in [2.75, 3.05) is 11.9 Å². The predicted octanol–water partition coefficient (Wildman–Crippen LogP) is 3.37. The van der Waals surface area contributed by atoms with Crippen LogP contribution in [0, 0.1) is 5.82 Å². The zero-order valence-corrected chi connectivity index (χ0v) is 13.5. The van der Waals surface area contributed by atoms with Gasteiger partial charge in [-0.3, -0.25) is 9.59 Å². The van der Waals surface area contributed by atoms with Gasteiger partial charge in [0.15, 0.2) is 0 Å². The highest BCUT2D eigenvalue weighted by atomic mass is 19.1. The highest BCUT2D eigenvalue weighted by Gasteiger charge is 2.19. The molecule has 0 aliphatic carbocycles. The summed E-state index contributed by atoms with van der Waals surface area (Å²) in [5, 5.41) is 2.81. The molecule has 1 aliphatic rings. The van der Waals surface area contributed by atoms with Gasteiger partial charge in [-0.1, -0.05) is 12.1 Å². The molecule has 1 N–H and O–H groups in total. The Labute approximate surface area is 140 Å². The summed E-state index contributed by atoms with van der Waals surface area (Å²) >= 11 is 0. The van der Waals surface area contributed by atoms with E-state index in [1.807, 2.05) is 13.0 Å². The van der Waals surface area contributed by atoms with Gasteiger partial charge in [-0.2, -0.15) is 0 Å². The van der Waals surface area contributed by atoms with Crippen LogP contribution in [0.2, 0.25) is 0 Å². The van der Waals surface area contributed by atoms with Crippen LogP contribution in [0.1, 0.15) is 34.8 Å². The van der Waals surface area contributed by atoms with Crippen molar-refractivity contribution >= 4 is 17.5 Å². The van der Waals surface area contributed by atoms with E-state index in [-0.39, 0.29) is 17.6 Å². The van der Waals surface area contributed by atoms with Crippen molar-refractivity contribution in [3.8, 4) is 0 Å². The molecule has 3 rings (SSSR count). The number of carbonyl (C=O) groups is 2. The van der Waals surface area contributed by atoms with E-state index in [2.05, 4.69) is 5.32 Å². The number of nitrogens with zero attached hydrogens (tertiary/aromatic N) is 1. The van der Waals surface area contributed by atoms with E-state index >= 15 is 0 Å². The number of benzene rings is 2. The van der Waals surface area contributed by atoms with Gasteiger partial charge in [-0.05, 0) is 54.8 Å². The van der Waals surface area contributed by atoms with E-state index in [9.17, 15) is 14.0 Å². The summed E-state index contributed by atoms with van der Waals surface area (Å²) < 4.78 is 13.3. The SMILES string of the molecule is CCN(Cc1cccc(F)c1)C(=O)c1ccc2c(c1)CCC(=O)N2. The third kappa shape index (κ3) is 3.45. The van der Waals surface area contributed by atoms with Crippen molar-refractivity contribution in [2.45, 2.75) is 26.3 Å². The Morgan fingerprint density at radius 1 is 1.21 bits per heavy atom. The molecule has 24 heavy (non-hydrogen) atoms. The Morgan fingerprint density at radius 2 is 2.04 bits per heavy atom. The van der Waals surface area contributed by atoms with Gasteiger partial charge in [-0.15, -0.1) is 0 Å². The lowest BCUT2D eigenvalue weighted by Gasteiger charge is -2.23. The number of rotatable bonds is 4. The van der Waals surface area contributed by atoms with Crippen LogP contribution in [0.5, 0.6) is 0 Å². The number of amides is 2. The first-order valence-corrected chi connectivity index (χ1v) is 8.03. The lowest BCUT2D eigenvalue weighted by Crippen LogP contribution is -2.30. The van der Waals surface area contributed by atoms with E-state index < -0.39 is 0 Å². The molecule has 0 fully saturated rings. The number of aryl methyl sites for hydroxylation is 1. The third-order valence-electron chi connectivity index (χ3n) is 4.18. The number of anilines is 1. The maximum atomic E-state index is 13.3. The molecule has 2 aromatic carbocycles. The first kappa shape index (κ1) is 16.2. The fourth-order valence-electron chi connectivity index (χ4n) is 2.88. The van der Waals surface area contributed by atoms with E-state index in [0.29, 0.717) is 31.5 Å². The molecule has 1 aliphatic heterocycles. The largest absolute Gasteiger partial charge is 0.335 e. The van der Waals surface area contributed by atoms with E-state index in [0.717, 1.165) is 16.8 Å². The van der Waals surface area contributed by atoms with Crippen LogP contribution in [-0.4, -0.2) is 23.3 Å². The smallest absolute Gasteiger partial charge is 0.254 e. The molecule has 0 bridgehead atoms. The average Bonchev–Trinajstić information content (AvgIpc) is 2.58. The van der Waals surface area contributed by atoms with Crippen molar-refractivity contribution in [2.24, 2.45) is 0 Å². The minimum absolute atomic E-state index is 0.00265. The number of carbonyl (C=O) groups excluding carboxylic acids is 2. The number of hydrogen-bond acceptors (Lipinski definition) is 2. The minimum Gasteiger partial charge on any atom is -0.335 e. The predicted molar refractivity (Wildman–Crippen MR) is 90.2 cm³/mol. The maximum absolute atomic E-state index is 13.3. The Hall–Kier alpha value is -2.69. The number of fused-ring (bicyclic) bond motifs is 1. The molecular formula is C19H19FN2O2. The monoisotopic (exact) mass is 326 g/mol. The lowest BCUT2D eigenvalue weighted by atomic mass is 10.00. The van der Waals surface area contributed by atoms with Gasteiger partial charge in [-0.25, -0.2) is 4.39 Å². The van der Waals surface area contributed by atoms with Crippen molar-refractivity contribution in [1.82, 2.24) is 4.90 Å². The van der Waals surface area contributed by atoms with Gasteiger partial charge < -0.3 is 10.2 Å². The highest BCUT2D eigenvalue weighted by Crippen LogP contribution is 2.24. The van der Waals surface area contributed by atoms with Crippen LogP contribution in [-0.2, 0) is 17.8 Å². The first-order valence-electron chi connectivity index (χ1n) is 8.03. The topological polar surface area (TPSA) is 49.4 Å². The lowest BCUT2D eigenvalue weighted by molar-refractivity contribution is -0.116. The number of nitrogens with one attached hydrogen (secondary N) is 1. The molecule has 0 radical (unpaired) electrons. The molecule has 2 aromatic rings. The second kappa shape index (κ2) is 6.83. The molecule has 0 saturated carbocycles. The van der Waals surface area contributed by atoms with Gasteiger partial charge in [0.05, 0.1) is 0 Å². The van der Waals surface area contributed by atoms with Crippen LogP contribution in [0.25, 0.3) is 0 Å². The number of hydrogen-bond donors (Lipinski definition) is 1. The first-order chi connectivity index (χ1) is 11.6. The summed E-state index contributed by atoms with van der Waals surface area (Å²) in [6, 6.07) is 11.6. The highest BCUT2D eigenvalue weighted by molar-refractivity contribution is 5.97. The van der Waals surface area contributed by atoms with Gasteiger partial charge in [0.25, 0.3) is 5.91 Å². The van der Waals surface area contributed by atoms with Gasteiger partial charge >= 0.3 is 0 Å². The average molecular weight is 326 g/mol. The molecule has 124 valence electrons. The quantitative estimate of drug-likeness (QED) is 0.936. The Kier molecular flexibility index (Phi) is 4.60. The van der Waals surface area contributed by atoms with Crippen molar-refractivity contribution in [1.29, 1.82) is 0 Å². The zero-order chi connectivity index (χ0) is 17.1. The van der Waals surface area contributed by atoms with Crippen molar-refractivity contribution < 1.29 is 14.0 Å². The molecule has 1 heterocycles. The van der Waals surface area contributed by atoms with E-state index in [1.165, 1.54) is 12.1 Å². The summed E-state index contributed by atoms with van der Waals surface area (Å²) in [4.78, 5) is 25.9. The summed E-state index contributed by atoms with van der Waals surface area (Å²) in [5.74, 6) is -0.398. The molecule has 5 heteroatoms. The summed E-state index contributed by atoms with van der Waals surface area (Å²) in [6.07, 6.45) is 1.07. The second-order valence-electron chi connectivity index (χ2n) is 5.87. The van der Waals surface area contributed by atoms with Gasteiger partial charge in [0, 0.05) is 30.8 Å². The molecule has 0 atom stereocenters. The molecule has 0 unspecified atom stereocenters.